The molecule has 4 aliphatic rings. The van der Waals surface area contributed by atoms with E-state index in [2.05, 4.69) is 17.3 Å². The van der Waals surface area contributed by atoms with Gasteiger partial charge in [0.15, 0.2) is 0 Å². The van der Waals surface area contributed by atoms with Crippen LogP contribution in [0.5, 0.6) is 0 Å². The monoisotopic (exact) mass is 257 g/mol. The lowest BCUT2D eigenvalue weighted by molar-refractivity contribution is 0.182. The van der Waals surface area contributed by atoms with E-state index >= 15 is 0 Å². The summed E-state index contributed by atoms with van der Waals surface area (Å²) in [4.78, 5) is 0. The van der Waals surface area contributed by atoms with Gasteiger partial charge in [-0.25, -0.2) is 0 Å². The van der Waals surface area contributed by atoms with Crippen molar-refractivity contribution in [2.75, 3.05) is 0 Å². The number of hydrogen-bond acceptors (Lipinski definition) is 2. The molecule has 3 fully saturated rings. The number of fused-ring (bicyclic) bond motifs is 5. The molecule has 0 heterocycles. The van der Waals surface area contributed by atoms with Crippen LogP contribution in [-0.2, 0) is 0 Å². The van der Waals surface area contributed by atoms with E-state index in [1.54, 1.807) is 5.57 Å². The molecule has 0 bridgehead atoms. The normalized spacial score (nSPS) is 43.1. The summed E-state index contributed by atoms with van der Waals surface area (Å²) < 4.78 is 0. The molecule has 3 saturated carbocycles. The summed E-state index contributed by atoms with van der Waals surface area (Å²) in [7, 11) is 0. The van der Waals surface area contributed by atoms with Crippen molar-refractivity contribution in [2.24, 2.45) is 28.8 Å². The fourth-order valence-corrected chi connectivity index (χ4v) is 5.22. The van der Waals surface area contributed by atoms with Crippen LogP contribution >= 0.6 is 0 Å². The number of oxime groups is 1. The van der Waals surface area contributed by atoms with Crippen molar-refractivity contribution in [1.82, 2.24) is 0 Å². The van der Waals surface area contributed by atoms with Crippen LogP contribution in [0.4, 0.5) is 0 Å². The summed E-state index contributed by atoms with van der Waals surface area (Å²) in [5.41, 5.74) is 4.28. The SMILES string of the molecule is ON=C1CCC2=CC=C3C4CCCCC4CCC3C21. The highest BCUT2D eigenvalue weighted by Gasteiger charge is 2.44. The Bertz CT molecular complexity index is 474. The van der Waals surface area contributed by atoms with Gasteiger partial charge in [-0.1, -0.05) is 41.3 Å². The second kappa shape index (κ2) is 4.50. The highest BCUT2D eigenvalue weighted by Crippen LogP contribution is 2.53. The Morgan fingerprint density at radius 2 is 1.84 bits per heavy atom. The predicted octanol–water partition coefficient (Wildman–Crippen LogP) is 4.31. The maximum absolute atomic E-state index is 9.27. The van der Waals surface area contributed by atoms with Crippen LogP contribution in [0, 0.1) is 23.7 Å². The van der Waals surface area contributed by atoms with Gasteiger partial charge in [0.25, 0.3) is 0 Å². The molecular formula is C17H23NO. The quantitative estimate of drug-likeness (QED) is 0.509. The Morgan fingerprint density at radius 3 is 2.74 bits per heavy atom. The van der Waals surface area contributed by atoms with Crippen molar-refractivity contribution < 1.29 is 5.21 Å². The first-order valence-corrected chi connectivity index (χ1v) is 8.00. The van der Waals surface area contributed by atoms with Gasteiger partial charge >= 0.3 is 0 Å². The molecule has 0 amide bonds. The van der Waals surface area contributed by atoms with Crippen LogP contribution < -0.4 is 0 Å². The van der Waals surface area contributed by atoms with Crippen molar-refractivity contribution >= 4 is 5.71 Å². The lowest BCUT2D eigenvalue weighted by Gasteiger charge is -2.45. The van der Waals surface area contributed by atoms with E-state index in [4.69, 9.17) is 0 Å². The summed E-state index contributed by atoms with van der Waals surface area (Å²) in [6.45, 7) is 0. The third-order valence-corrected chi connectivity index (χ3v) is 6.06. The predicted molar refractivity (Wildman–Crippen MR) is 76.3 cm³/mol. The van der Waals surface area contributed by atoms with Crippen LogP contribution in [0.25, 0.3) is 0 Å². The third-order valence-electron chi connectivity index (χ3n) is 6.06. The van der Waals surface area contributed by atoms with E-state index in [9.17, 15) is 5.21 Å². The molecule has 1 N–H and O–H groups in total. The molecule has 0 saturated heterocycles. The fourth-order valence-electron chi connectivity index (χ4n) is 5.22. The summed E-state index contributed by atoms with van der Waals surface area (Å²) in [6, 6.07) is 0. The molecule has 0 radical (unpaired) electrons. The smallest absolute Gasteiger partial charge is 0.0651 e. The molecule has 2 heteroatoms. The Labute approximate surface area is 115 Å². The minimum absolute atomic E-state index is 0.452. The highest BCUT2D eigenvalue weighted by molar-refractivity contribution is 5.92. The van der Waals surface area contributed by atoms with Gasteiger partial charge in [0.2, 0.25) is 0 Å². The summed E-state index contributed by atoms with van der Waals surface area (Å²) in [6.07, 6.45) is 15.3. The molecule has 0 aromatic rings. The number of hydrogen-bond donors (Lipinski definition) is 1. The molecule has 2 nitrogen and oxygen atoms in total. The van der Waals surface area contributed by atoms with E-state index in [0.29, 0.717) is 11.8 Å². The minimum atomic E-state index is 0.452. The van der Waals surface area contributed by atoms with Gasteiger partial charge in [-0.3, -0.25) is 0 Å². The molecule has 0 spiro atoms. The van der Waals surface area contributed by atoms with Crippen molar-refractivity contribution in [3.63, 3.8) is 0 Å². The van der Waals surface area contributed by atoms with Gasteiger partial charge < -0.3 is 5.21 Å². The Kier molecular flexibility index (Phi) is 2.78. The summed E-state index contributed by atoms with van der Waals surface area (Å²) >= 11 is 0. The average molecular weight is 257 g/mol. The first kappa shape index (κ1) is 11.7. The molecule has 0 aromatic heterocycles. The molecule has 4 atom stereocenters. The van der Waals surface area contributed by atoms with E-state index in [1.165, 1.54) is 44.1 Å². The summed E-state index contributed by atoms with van der Waals surface area (Å²) in [5, 5.41) is 12.9. The van der Waals surface area contributed by atoms with E-state index in [1.807, 2.05) is 0 Å². The van der Waals surface area contributed by atoms with Crippen LogP contribution in [0.3, 0.4) is 0 Å². The highest BCUT2D eigenvalue weighted by atomic mass is 16.4. The lowest BCUT2D eigenvalue weighted by Crippen LogP contribution is -2.36. The number of allylic oxidation sites excluding steroid dienone is 4. The number of nitrogens with zero attached hydrogens (tertiary/aromatic N) is 1. The molecular weight excluding hydrogens is 234 g/mol. The second-order valence-electron chi connectivity index (χ2n) is 6.81. The largest absolute Gasteiger partial charge is 0.411 e. The van der Waals surface area contributed by atoms with Gasteiger partial charge in [0, 0.05) is 5.92 Å². The van der Waals surface area contributed by atoms with Crippen LogP contribution in [0.2, 0.25) is 0 Å². The first-order valence-electron chi connectivity index (χ1n) is 8.00. The van der Waals surface area contributed by atoms with Gasteiger partial charge in [0.05, 0.1) is 5.71 Å². The van der Waals surface area contributed by atoms with E-state index in [-0.39, 0.29) is 0 Å². The Morgan fingerprint density at radius 1 is 0.947 bits per heavy atom. The van der Waals surface area contributed by atoms with E-state index in [0.717, 1.165) is 30.4 Å². The molecule has 4 rings (SSSR count). The molecule has 4 unspecified atom stereocenters. The van der Waals surface area contributed by atoms with Gasteiger partial charge in [-0.15, -0.1) is 0 Å². The molecule has 0 aliphatic heterocycles. The second-order valence-corrected chi connectivity index (χ2v) is 6.81. The van der Waals surface area contributed by atoms with Crippen molar-refractivity contribution in [1.29, 1.82) is 0 Å². The maximum Gasteiger partial charge on any atom is 0.0651 e. The van der Waals surface area contributed by atoms with Crippen LogP contribution in [0.15, 0.2) is 28.5 Å². The zero-order valence-corrected chi connectivity index (χ0v) is 11.5. The van der Waals surface area contributed by atoms with Crippen molar-refractivity contribution in [2.45, 2.75) is 51.4 Å². The molecule has 4 aliphatic carbocycles. The van der Waals surface area contributed by atoms with Gasteiger partial charge in [-0.2, -0.15) is 0 Å². The molecule has 0 aromatic carbocycles. The van der Waals surface area contributed by atoms with Crippen molar-refractivity contribution in [3.8, 4) is 0 Å². The van der Waals surface area contributed by atoms with Gasteiger partial charge in [0.1, 0.15) is 0 Å². The maximum atomic E-state index is 9.27. The average Bonchev–Trinajstić information content (AvgIpc) is 2.90. The van der Waals surface area contributed by atoms with Crippen LogP contribution in [-0.4, -0.2) is 10.9 Å². The Hall–Kier alpha value is -1.05. The summed E-state index contributed by atoms with van der Waals surface area (Å²) in [5.74, 6) is 2.90. The zero-order valence-electron chi connectivity index (χ0n) is 11.5. The zero-order chi connectivity index (χ0) is 12.8. The fraction of sp³-hybridized carbons (Fsp3) is 0.706. The Balaban J connectivity index is 1.69. The van der Waals surface area contributed by atoms with E-state index < -0.39 is 0 Å². The van der Waals surface area contributed by atoms with Gasteiger partial charge in [-0.05, 0) is 56.3 Å². The topological polar surface area (TPSA) is 32.6 Å². The lowest BCUT2D eigenvalue weighted by atomic mass is 9.60. The standard InChI is InChI=1S/C17H23NO/c19-18-16-10-7-12-6-8-14-13-4-2-1-3-11(13)5-9-15(14)17(12)16/h6,8,11,13,15,17,19H,1-5,7,9-10H2. The minimum Gasteiger partial charge on any atom is -0.411 e. The van der Waals surface area contributed by atoms with Crippen molar-refractivity contribution in [3.05, 3.63) is 23.3 Å². The molecule has 102 valence electrons. The van der Waals surface area contributed by atoms with Crippen LogP contribution in [0.1, 0.15) is 51.4 Å². The molecule has 19 heavy (non-hydrogen) atoms. The third kappa shape index (κ3) is 1.72. The first-order chi connectivity index (χ1) is 9.38. The number of rotatable bonds is 0.